The molecule has 1 aromatic rings. The van der Waals surface area contributed by atoms with E-state index in [1.165, 1.54) is 0 Å². The molecule has 6 atom stereocenters. The Morgan fingerprint density at radius 3 is 2.97 bits per heavy atom. The number of fused-ring (bicyclic) bond motifs is 2. The normalized spacial score (nSPS) is 29.8. The molecule has 29 heavy (non-hydrogen) atoms. The molecule has 0 spiro atoms. The standard InChI is InChI=1S/C21H27N2O5P/c1-5-15(2)21-14-25-18(19(21)28-29(4)26-12-11-22-3)17(27-21)13-23-20(24)16-9-7-6-8-10-16/h5-10,15,17-19H,1,11-14H2,2,4H3,(H,23,24)/t15-,17?,18-,19-,21+,29?/m0/s1. The molecule has 156 valence electrons. The first-order valence-electron chi connectivity index (χ1n) is 9.63. The average molecular weight is 418 g/mol. The van der Waals surface area contributed by atoms with Crippen molar-refractivity contribution >= 4 is 14.3 Å². The molecule has 7 nitrogen and oxygen atoms in total. The van der Waals surface area contributed by atoms with Gasteiger partial charge in [-0.2, -0.15) is 0 Å². The maximum Gasteiger partial charge on any atom is 0.251 e. The van der Waals surface area contributed by atoms with E-state index in [1.54, 1.807) is 12.1 Å². The Hall–Kier alpha value is -1.81. The Labute approximate surface area is 173 Å². The van der Waals surface area contributed by atoms with Crippen molar-refractivity contribution in [2.24, 2.45) is 5.92 Å². The summed E-state index contributed by atoms with van der Waals surface area (Å²) in [5, 5.41) is 2.93. The van der Waals surface area contributed by atoms with Gasteiger partial charge in [0.25, 0.3) is 5.91 Å². The van der Waals surface area contributed by atoms with Crippen molar-refractivity contribution in [3.05, 3.63) is 60.0 Å². The van der Waals surface area contributed by atoms with Crippen molar-refractivity contribution in [3.63, 3.8) is 0 Å². The minimum atomic E-state index is -1.18. The second kappa shape index (κ2) is 9.80. The third kappa shape index (κ3) is 4.69. The van der Waals surface area contributed by atoms with Crippen LogP contribution < -0.4 is 5.32 Å². The third-order valence-corrected chi connectivity index (χ3v) is 6.45. The minimum absolute atomic E-state index is 0.000957. The van der Waals surface area contributed by atoms with Crippen LogP contribution in [-0.4, -0.2) is 62.8 Å². The third-order valence-electron chi connectivity index (χ3n) is 5.38. The highest BCUT2D eigenvalue weighted by molar-refractivity contribution is 7.46. The molecule has 2 saturated heterocycles. The molecular formula is C21H27N2O5P. The highest BCUT2D eigenvalue weighted by atomic mass is 31.2. The Morgan fingerprint density at radius 1 is 1.52 bits per heavy atom. The van der Waals surface area contributed by atoms with Crippen molar-refractivity contribution in [1.82, 2.24) is 5.32 Å². The van der Waals surface area contributed by atoms with Gasteiger partial charge in [0, 0.05) is 24.7 Å². The summed E-state index contributed by atoms with van der Waals surface area (Å²) >= 11 is 0. The lowest BCUT2D eigenvalue weighted by atomic mass is 9.86. The molecule has 2 heterocycles. The minimum Gasteiger partial charge on any atom is -0.369 e. The lowest BCUT2D eigenvalue weighted by molar-refractivity contribution is -0.156. The number of benzene rings is 1. The quantitative estimate of drug-likeness (QED) is 0.274. The van der Waals surface area contributed by atoms with Crippen molar-refractivity contribution in [2.75, 3.05) is 33.0 Å². The summed E-state index contributed by atoms with van der Waals surface area (Å²) in [6.07, 6.45) is 0.890. The summed E-state index contributed by atoms with van der Waals surface area (Å²) in [4.78, 5) is 15.7. The number of hydrogen-bond donors (Lipinski definition) is 1. The van der Waals surface area contributed by atoms with Crippen LogP contribution in [0.4, 0.5) is 0 Å². The van der Waals surface area contributed by atoms with Crippen molar-refractivity contribution < 1.29 is 23.3 Å². The Bertz CT molecular complexity index is 755. The molecule has 2 fully saturated rings. The van der Waals surface area contributed by atoms with Gasteiger partial charge in [-0.3, -0.25) is 4.79 Å². The Morgan fingerprint density at radius 2 is 2.28 bits per heavy atom. The molecule has 8 heteroatoms. The highest BCUT2D eigenvalue weighted by Crippen LogP contribution is 2.51. The van der Waals surface area contributed by atoms with Crippen LogP contribution in [0, 0.1) is 12.5 Å². The van der Waals surface area contributed by atoms with E-state index in [9.17, 15) is 4.79 Å². The van der Waals surface area contributed by atoms with Crippen molar-refractivity contribution in [2.45, 2.75) is 30.8 Å². The van der Waals surface area contributed by atoms with E-state index in [-0.39, 0.29) is 30.1 Å². The van der Waals surface area contributed by atoms with Crippen LogP contribution in [-0.2, 0) is 18.5 Å². The SMILES string of the molecule is [C-]#[N+]CCOP(C)O[C@H]1[C@H]2OC[C@]1([C@@H](C)C=C)OC2CNC(=O)c1ccccc1. The predicted molar refractivity (Wildman–Crippen MR) is 111 cm³/mol. The summed E-state index contributed by atoms with van der Waals surface area (Å²) in [5.74, 6) is -0.153. The van der Waals surface area contributed by atoms with E-state index in [1.807, 2.05) is 37.9 Å². The zero-order valence-corrected chi connectivity index (χ0v) is 17.6. The number of amides is 1. The Kier molecular flexibility index (Phi) is 7.39. The summed E-state index contributed by atoms with van der Waals surface area (Å²) in [6.45, 7) is 16.0. The van der Waals surface area contributed by atoms with Gasteiger partial charge in [-0.25, -0.2) is 6.57 Å². The van der Waals surface area contributed by atoms with E-state index in [2.05, 4.69) is 16.7 Å². The fraction of sp³-hybridized carbons (Fsp3) is 0.524. The maximum atomic E-state index is 12.4. The van der Waals surface area contributed by atoms with Crippen LogP contribution in [0.15, 0.2) is 43.0 Å². The average Bonchev–Trinajstić information content (AvgIpc) is 3.24. The lowest BCUT2D eigenvalue weighted by Crippen LogP contribution is -2.47. The van der Waals surface area contributed by atoms with Crippen LogP contribution in [0.1, 0.15) is 17.3 Å². The second-order valence-electron chi connectivity index (χ2n) is 7.17. The molecule has 1 aromatic carbocycles. The van der Waals surface area contributed by atoms with Crippen LogP contribution in [0.25, 0.3) is 4.85 Å². The Balaban J connectivity index is 1.66. The number of carbonyl (C=O) groups excluding carboxylic acids is 1. The first-order chi connectivity index (χ1) is 14.0. The van der Waals surface area contributed by atoms with Gasteiger partial charge in [-0.05, 0) is 12.1 Å². The van der Waals surface area contributed by atoms with Gasteiger partial charge in [-0.15, -0.1) is 6.58 Å². The second-order valence-corrected chi connectivity index (χ2v) is 8.52. The van der Waals surface area contributed by atoms with Gasteiger partial charge in [0.1, 0.15) is 30.5 Å². The highest BCUT2D eigenvalue weighted by Gasteiger charge is 2.64. The van der Waals surface area contributed by atoms with E-state index >= 15 is 0 Å². The molecule has 0 aromatic heterocycles. The van der Waals surface area contributed by atoms with Gasteiger partial charge < -0.3 is 28.7 Å². The van der Waals surface area contributed by atoms with Crippen LogP contribution in [0.5, 0.6) is 0 Å². The zero-order valence-electron chi connectivity index (χ0n) is 16.7. The van der Waals surface area contributed by atoms with Crippen LogP contribution in [0.2, 0.25) is 0 Å². The number of carbonyl (C=O) groups is 1. The van der Waals surface area contributed by atoms with Crippen LogP contribution >= 0.6 is 8.38 Å². The van der Waals surface area contributed by atoms with Gasteiger partial charge in [0.2, 0.25) is 6.54 Å². The van der Waals surface area contributed by atoms with Gasteiger partial charge >= 0.3 is 0 Å². The van der Waals surface area contributed by atoms with Gasteiger partial charge in [0.05, 0.1) is 6.61 Å². The summed E-state index contributed by atoms with van der Waals surface area (Å²) in [7, 11) is -1.18. The topological polar surface area (TPSA) is 70.4 Å². The number of rotatable bonds is 10. The number of hydrogen-bond acceptors (Lipinski definition) is 5. The summed E-state index contributed by atoms with van der Waals surface area (Å²) in [5.41, 5.74) is -0.0577. The summed E-state index contributed by atoms with van der Waals surface area (Å²) < 4.78 is 24.3. The zero-order chi connectivity index (χ0) is 20.9. The molecule has 2 bridgehead atoms. The first-order valence-corrected chi connectivity index (χ1v) is 11.3. The molecule has 1 N–H and O–H groups in total. The van der Waals surface area contributed by atoms with E-state index < -0.39 is 14.0 Å². The molecule has 2 aliphatic heterocycles. The maximum absolute atomic E-state index is 12.4. The van der Waals surface area contributed by atoms with E-state index in [4.69, 9.17) is 25.1 Å². The summed E-state index contributed by atoms with van der Waals surface area (Å²) in [6, 6.07) is 9.06. The molecule has 1 amide bonds. The predicted octanol–water partition coefficient (Wildman–Crippen LogP) is 3.04. The number of nitrogens with one attached hydrogen (secondary N) is 1. The molecule has 0 saturated carbocycles. The monoisotopic (exact) mass is 418 g/mol. The van der Waals surface area contributed by atoms with Gasteiger partial charge in [0.15, 0.2) is 8.38 Å². The molecular weight excluding hydrogens is 391 g/mol. The molecule has 0 radical (unpaired) electrons. The fourth-order valence-corrected chi connectivity index (χ4v) is 4.74. The molecule has 2 aliphatic rings. The van der Waals surface area contributed by atoms with Gasteiger partial charge in [-0.1, -0.05) is 31.2 Å². The lowest BCUT2D eigenvalue weighted by Gasteiger charge is -2.35. The van der Waals surface area contributed by atoms with Crippen LogP contribution in [0.3, 0.4) is 0 Å². The largest absolute Gasteiger partial charge is 0.369 e. The van der Waals surface area contributed by atoms with E-state index in [0.717, 1.165) is 0 Å². The van der Waals surface area contributed by atoms with E-state index in [0.29, 0.717) is 31.9 Å². The number of nitrogens with zero attached hydrogens (tertiary/aromatic N) is 1. The fourth-order valence-electron chi connectivity index (χ4n) is 3.72. The van der Waals surface area contributed by atoms with Crippen molar-refractivity contribution in [1.29, 1.82) is 0 Å². The molecule has 2 unspecified atom stereocenters. The molecule has 0 aliphatic carbocycles. The first kappa shape index (κ1) is 21.9. The number of ether oxygens (including phenoxy) is 2. The van der Waals surface area contributed by atoms with Crippen molar-refractivity contribution in [3.8, 4) is 0 Å². The molecule has 3 rings (SSSR count). The smallest absolute Gasteiger partial charge is 0.251 e.